The highest BCUT2D eigenvalue weighted by Gasteiger charge is 2.18. The van der Waals surface area contributed by atoms with Crippen molar-refractivity contribution in [2.45, 2.75) is 31.1 Å². The van der Waals surface area contributed by atoms with Gasteiger partial charge in [0.15, 0.2) is 5.58 Å². The molecule has 0 saturated carbocycles. The minimum absolute atomic E-state index is 0.147. The molecule has 1 unspecified atom stereocenters. The van der Waals surface area contributed by atoms with Crippen molar-refractivity contribution >= 4 is 28.8 Å². The molecule has 5 nitrogen and oxygen atoms in total. The molecule has 108 valence electrons. The Labute approximate surface area is 121 Å². The van der Waals surface area contributed by atoms with E-state index < -0.39 is 5.60 Å². The lowest BCUT2D eigenvalue weighted by molar-refractivity contribution is -0.119. The zero-order valence-electron chi connectivity index (χ0n) is 11.5. The average molecular weight is 294 g/mol. The lowest BCUT2D eigenvalue weighted by atomic mass is 10.0. The summed E-state index contributed by atoms with van der Waals surface area (Å²) >= 11 is 1.24. The topological polar surface area (TPSA) is 75.4 Å². The summed E-state index contributed by atoms with van der Waals surface area (Å²) in [5.74, 6) is 0.0677. The van der Waals surface area contributed by atoms with E-state index in [0.717, 1.165) is 5.52 Å². The van der Waals surface area contributed by atoms with Gasteiger partial charge in [-0.05, 0) is 25.5 Å². The van der Waals surface area contributed by atoms with Crippen molar-refractivity contribution in [3.8, 4) is 0 Å². The number of rotatable bonds is 6. The number of carbonyl (C=O) groups is 1. The van der Waals surface area contributed by atoms with Crippen LogP contribution in [0.5, 0.6) is 0 Å². The van der Waals surface area contributed by atoms with Crippen LogP contribution in [0, 0.1) is 0 Å². The number of nitrogens with one attached hydrogen (secondary N) is 1. The second-order valence-corrected chi connectivity index (χ2v) is 5.79. The van der Waals surface area contributed by atoms with Crippen molar-refractivity contribution in [3.63, 3.8) is 0 Å². The molecule has 20 heavy (non-hydrogen) atoms. The maximum absolute atomic E-state index is 11.7. The number of aliphatic hydroxyl groups is 1. The molecule has 1 aromatic carbocycles. The summed E-state index contributed by atoms with van der Waals surface area (Å²) < 4.78 is 5.51. The molecule has 0 spiro atoms. The van der Waals surface area contributed by atoms with Crippen LogP contribution in [-0.2, 0) is 4.79 Å². The highest BCUT2D eigenvalue weighted by atomic mass is 32.2. The van der Waals surface area contributed by atoms with Crippen LogP contribution in [0.1, 0.15) is 20.3 Å². The standard InChI is InChI=1S/C14H18N2O3S/c1-3-14(2,18)9-15-12(17)8-20-13-16-10-6-4-5-7-11(10)19-13/h4-7,18H,3,8-9H2,1-2H3,(H,15,17). The van der Waals surface area contributed by atoms with Gasteiger partial charge in [0.1, 0.15) is 5.52 Å². The smallest absolute Gasteiger partial charge is 0.257 e. The molecule has 0 saturated heterocycles. The van der Waals surface area contributed by atoms with Gasteiger partial charge in [0, 0.05) is 6.54 Å². The number of benzene rings is 1. The van der Waals surface area contributed by atoms with E-state index in [-0.39, 0.29) is 18.2 Å². The van der Waals surface area contributed by atoms with E-state index in [1.54, 1.807) is 6.92 Å². The van der Waals surface area contributed by atoms with Gasteiger partial charge in [0.05, 0.1) is 11.4 Å². The summed E-state index contributed by atoms with van der Waals surface area (Å²) in [6.07, 6.45) is 0.589. The number of para-hydroxylation sites is 2. The first-order chi connectivity index (χ1) is 9.50. The lowest BCUT2D eigenvalue weighted by Gasteiger charge is -2.21. The maximum Gasteiger partial charge on any atom is 0.257 e. The van der Waals surface area contributed by atoms with Crippen molar-refractivity contribution in [1.82, 2.24) is 10.3 Å². The largest absolute Gasteiger partial charge is 0.431 e. The van der Waals surface area contributed by atoms with Crippen molar-refractivity contribution in [2.75, 3.05) is 12.3 Å². The van der Waals surface area contributed by atoms with Crippen LogP contribution < -0.4 is 5.32 Å². The summed E-state index contributed by atoms with van der Waals surface area (Å²) in [6, 6.07) is 7.46. The molecule has 1 aromatic heterocycles. The summed E-state index contributed by atoms with van der Waals surface area (Å²) in [5, 5.41) is 13.0. The van der Waals surface area contributed by atoms with Crippen LogP contribution >= 0.6 is 11.8 Å². The zero-order valence-corrected chi connectivity index (χ0v) is 12.4. The van der Waals surface area contributed by atoms with Crippen LogP contribution in [0.3, 0.4) is 0 Å². The van der Waals surface area contributed by atoms with E-state index in [2.05, 4.69) is 10.3 Å². The highest BCUT2D eigenvalue weighted by molar-refractivity contribution is 7.99. The number of nitrogens with zero attached hydrogens (tertiary/aromatic N) is 1. The van der Waals surface area contributed by atoms with Crippen molar-refractivity contribution in [2.24, 2.45) is 0 Å². The van der Waals surface area contributed by atoms with Crippen molar-refractivity contribution in [3.05, 3.63) is 24.3 Å². The number of amides is 1. The Hall–Kier alpha value is -1.53. The fourth-order valence-corrected chi connectivity index (χ4v) is 2.17. The molecular formula is C14H18N2O3S. The molecule has 0 aliphatic rings. The number of oxazole rings is 1. The number of fused-ring (bicyclic) bond motifs is 1. The molecule has 1 atom stereocenters. The predicted octanol–water partition coefficient (Wildman–Crippen LogP) is 2.20. The highest BCUT2D eigenvalue weighted by Crippen LogP contribution is 2.22. The molecule has 0 radical (unpaired) electrons. The fourth-order valence-electron chi connectivity index (χ4n) is 1.51. The first kappa shape index (κ1) is 14.9. The Morgan fingerprint density at radius 2 is 2.25 bits per heavy atom. The Morgan fingerprint density at radius 3 is 2.95 bits per heavy atom. The lowest BCUT2D eigenvalue weighted by Crippen LogP contribution is -2.40. The average Bonchev–Trinajstić information content (AvgIpc) is 2.86. The second-order valence-electron chi connectivity index (χ2n) is 4.86. The summed E-state index contributed by atoms with van der Waals surface area (Å²) in [6.45, 7) is 3.82. The SMILES string of the molecule is CCC(C)(O)CNC(=O)CSc1nc2ccccc2o1. The van der Waals surface area contributed by atoms with Gasteiger partial charge in [-0.1, -0.05) is 30.8 Å². The Balaban J connectivity index is 1.84. The van der Waals surface area contributed by atoms with Crippen LogP contribution in [-0.4, -0.2) is 33.9 Å². The summed E-state index contributed by atoms with van der Waals surface area (Å²) in [4.78, 5) is 16.0. The minimum Gasteiger partial charge on any atom is -0.431 e. The Kier molecular flexibility index (Phi) is 4.67. The molecule has 6 heteroatoms. The minimum atomic E-state index is -0.863. The Bertz CT molecular complexity index is 562. The van der Waals surface area contributed by atoms with Gasteiger partial charge >= 0.3 is 0 Å². The molecule has 1 heterocycles. The van der Waals surface area contributed by atoms with E-state index in [9.17, 15) is 9.90 Å². The number of hydrogen-bond donors (Lipinski definition) is 2. The van der Waals surface area contributed by atoms with E-state index >= 15 is 0 Å². The van der Waals surface area contributed by atoms with Crippen LogP contribution in [0.15, 0.2) is 33.9 Å². The van der Waals surface area contributed by atoms with Gasteiger partial charge in [0.25, 0.3) is 5.22 Å². The Morgan fingerprint density at radius 1 is 1.50 bits per heavy atom. The van der Waals surface area contributed by atoms with Crippen LogP contribution in [0.25, 0.3) is 11.1 Å². The van der Waals surface area contributed by atoms with Crippen LogP contribution in [0.4, 0.5) is 0 Å². The normalized spacial score (nSPS) is 14.2. The number of aromatic nitrogens is 1. The number of carbonyl (C=O) groups excluding carboxylic acids is 1. The predicted molar refractivity (Wildman–Crippen MR) is 78.7 cm³/mol. The van der Waals surface area contributed by atoms with Gasteiger partial charge in [-0.15, -0.1) is 0 Å². The quantitative estimate of drug-likeness (QED) is 0.799. The molecule has 1 amide bonds. The third-order valence-corrected chi connectivity index (χ3v) is 3.86. The van der Waals surface area contributed by atoms with E-state index in [1.807, 2.05) is 31.2 Å². The summed E-state index contributed by atoms with van der Waals surface area (Å²) in [7, 11) is 0. The molecule has 2 aromatic rings. The molecular weight excluding hydrogens is 276 g/mol. The van der Waals surface area contributed by atoms with Gasteiger partial charge in [0.2, 0.25) is 5.91 Å². The second kappa shape index (κ2) is 6.28. The van der Waals surface area contributed by atoms with Gasteiger partial charge in [-0.3, -0.25) is 4.79 Å². The number of hydrogen-bond acceptors (Lipinski definition) is 5. The first-order valence-corrected chi connectivity index (χ1v) is 7.46. The van der Waals surface area contributed by atoms with Gasteiger partial charge in [-0.25, -0.2) is 4.98 Å². The molecule has 2 N–H and O–H groups in total. The third-order valence-electron chi connectivity index (χ3n) is 3.03. The van der Waals surface area contributed by atoms with Gasteiger partial charge < -0.3 is 14.8 Å². The molecule has 0 aliphatic heterocycles. The zero-order chi connectivity index (χ0) is 14.6. The van der Waals surface area contributed by atoms with E-state index in [0.29, 0.717) is 17.2 Å². The third kappa shape index (κ3) is 3.98. The molecule has 2 rings (SSSR count). The van der Waals surface area contributed by atoms with Crippen molar-refractivity contribution < 1.29 is 14.3 Å². The fraction of sp³-hybridized carbons (Fsp3) is 0.429. The molecule has 0 fully saturated rings. The molecule has 0 aliphatic carbocycles. The summed E-state index contributed by atoms with van der Waals surface area (Å²) in [5.41, 5.74) is 0.631. The van der Waals surface area contributed by atoms with E-state index in [4.69, 9.17) is 4.42 Å². The van der Waals surface area contributed by atoms with Gasteiger partial charge in [-0.2, -0.15) is 0 Å². The first-order valence-electron chi connectivity index (χ1n) is 6.47. The maximum atomic E-state index is 11.7. The van der Waals surface area contributed by atoms with E-state index in [1.165, 1.54) is 11.8 Å². The number of thioether (sulfide) groups is 1. The monoisotopic (exact) mass is 294 g/mol. The van der Waals surface area contributed by atoms with Crippen molar-refractivity contribution in [1.29, 1.82) is 0 Å². The molecule has 0 bridgehead atoms. The van der Waals surface area contributed by atoms with Crippen LogP contribution in [0.2, 0.25) is 0 Å².